The molecule has 0 saturated carbocycles. The van der Waals surface area contributed by atoms with Crippen LogP contribution in [0, 0.1) is 0 Å². The fourth-order valence-corrected chi connectivity index (χ4v) is 1.02. The monoisotopic (exact) mass is 149 g/mol. The molecule has 0 aromatic carbocycles. The summed E-state index contributed by atoms with van der Waals surface area (Å²) in [5, 5.41) is 0. The first kappa shape index (κ1) is 6.32. The highest BCUT2D eigenvalue weighted by Gasteiger charge is 2.19. The van der Waals surface area contributed by atoms with Gasteiger partial charge in [0.15, 0.2) is 11.5 Å². The van der Waals surface area contributed by atoms with E-state index in [0.717, 1.165) is 5.57 Å². The Labute approximate surface area is 64.1 Å². The van der Waals surface area contributed by atoms with Crippen LogP contribution in [0.2, 0.25) is 0 Å². The molecule has 0 saturated heterocycles. The van der Waals surface area contributed by atoms with Gasteiger partial charge < -0.3 is 15.2 Å². The normalized spacial score (nSPS) is 19.2. The van der Waals surface area contributed by atoms with Gasteiger partial charge in [-0.05, 0) is 0 Å². The van der Waals surface area contributed by atoms with Gasteiger partial charge >= 0.3 is 0 Å². The zero-order chi connectivity index (χ0) is 7.68. The molecule has 0 aromatic rings. The van der Waals surface area contributed by atoms with Crippen molar-refractivity contribution in [3.05, 3.63) is 34.6 Å². The standard InChI is InChI=1S/C8H7NO2/c9-4-6-2-1-3-7-8(6)11-5-10-7/h3H,4-5,9H2. The highest BCUT2D eigenvalue weighted by Crippen LogP contribution is 2.24. The molecule has 3 nitrogen and oxygen atoms in total. The summed E-state index contributed by atoms with van der Waals surface area (Å²) in [5.74, 6) is 1.43. The Kier molecular flexibility index (Phi) is 1.34. The summed E-state index contributed by atoms with van der Waals surface area (Å²) in [5.41, 5.74) is 11.9. The van der Waals surface area contributed by atoms with E-state index in [9.17, 15) is 0 Å². The maximum absolute atomic E-state index is 5.44. The van der Waals surface area contributed by atoms with Crippen molar-refractivity contribution in [2.24, 2.45) is 5.73 Å². The van der Waals surface area contributed by atoms with Crippen molar-refractivity contribution in [3.63, 3.8) is 0 Å². The van der Waals surface area contributed by atoms with Crippen LogP contribution in [0.3, 0.4) is 0 Å². The van der Waals surface area contributed by atoms with Crippen LogP contribution in [0.5, 0.6) is 0 Å². The van der Waals surface area contributed by atoms with E-state index in [-0.39, 0.29) is 6.79 Å². The van der Waals surface area contributed by atoms with Gasteiger partial charge in [-0.3, -0.25) is 0 Å². The lowest BCUT2D eigenvalue weighted by atomic mass is 10.1. The van der Waals surface area contributed by atoms with E-state index in [0.29, 0.717) is 18.1 Å². The molecule has 56 valence electrons. The number of rotatable bonds is 1. The van der Waals surface area contributed by atoms with Crippen molar-refractivity contribution in [1.82, 2.24) is 0 Å². The molecule has 0 fully saturated rings. The summed E-state index contributed by atoms with van der Waals surface area (Å²) < 4.78 is 10.3. The highest BCUT2D eigenvalue weighted by molar-refractivity contribution is 5.37. The molecule has 2 rings (SSSR count). The zero-order valence-electron chi connectivity index (χ0n) is 5.89. The Morgan fingerprint density at radius 3 is 3.27 bits per heavy atom. The van der Waals surface area contributed by atoms with Gasteiger partial charge in [-0.15, -0.1) is 0 Å². The molecule has 0 radical (unpaired) electrons. The van der Waals surface area contributed by atoms with E-state index in [4.69, 9.17) is 15.2 Å². The molecule has 2 N–H and O–H groups in total. The Morgan fingerprint density at radius 2 is 2.45 bits per heavy atom. The summed E-state index contributed by atoms with van der Waals surface area (Å²) >= 11 is 0. The molecule has 0 aromatic heterocycles. The maximum Gasteiger partial charge on any atom is 0.231 e. The average Bonchev–Trinajstić information content (AvgIpc) is 2.50. The minimum Gasteiger partial charge on any atom is -0.453 e. The summed E-state index contributed by atoms with van der Waals surface area (Å²) in [7, 11) is 0. The predicted octanol–water partition coefficient (Wildman–Crippen LogP) is 0.411. The van der Waals surface area contributed by atoms with Crippen molar-refractivity contribution in [1.29, 1.82) is 0 Å². The summed E-state index contributed by atoms with van der Waals surface area (Å²) in [6.07, 6.45) is 1.70. The van der Waals surface area contributed by atoms with Crippen LogP contribution >= 0.6 is 0 Å². The van der Waals surface area contributed by atoms with Crippen molar-refractivity contribution < 1.29 is 9.47 Å². The van der Waals surface area contributed by atoms with Gasteiger partial charge in [0.05, 0.1) is 5.57 Å². The van der Waals surface area contributed by atoms with Crippen LogP contribution in [0.4, 0.5) is 0 Å². The third-order valence-corrected chi connectivity index (χ3v) is 1.55. The van der Waals surface area contributed by atoms with Gasteiger partial charge in [-0.2, -0.15) is 0 Å². The quantitative estimate of drug-likeness (QED) is 0.549. The van der Waals surface area contributed by atoms with Crippen molar-refractivity contribution in [2.45, 2.75) is 0 Å². The summed E-state index contributed by atoms with van der Waals surface area (Å²) in [4.78, 5) is 0. The van der Waals surface area contributed by atoms with Crippen LogP contribution in [-0.4, -0.2) is 13.3 Å². The van der Waals surface area contributed by atoms with Gasteiger partial charge in [0.25, 0.3) is 0 Å². The SMILES string of the molecule is NCC1=C=C=CC2=C1OCO2. The molecular formula is C8H7NO2. The molecule has 1 heterocycles. The van der Waals surface area contributed by atoms with Gasteiger partial charge in [0, 0.05) is 12.6 Å². The molecule has 1 aliphatic carbocycles. The zero-order valence-corrected chi connectivity index (χ0v) is 5.89. The largest absolute Gasteiger partial charge is 0.453 e. The second-order valence-corrected chi connectivity index (χ2v) is 2.20. The molecule has 3 heteroatoms. The van der Waals surface area contributed by atoms with Crippen LogP contribution in [0.1, 0.15) is 0 Å². The molecule has 0 spiro atoms. The van der Waals surface area contributed by atoms with Gasteiger partial charge in [0.1, 0.15) is 0 Å². The lowest BCUT2D eigenvalue weighted by molar-refractivity contribution is 0.0767. The number of allylic oxidation sites excluding steroid dienone is 1. The molecule has 0 amide bonds. The van der Waals surface area contributed by atoms with E-state index < -0.39 is 0 Å². The van der Waals surface area contributed by atoms with Crippen LogP contribution in [0.25, 0.3) is 0 Å². The third kappa shape index (κ3) is 0.883. The predicted molar refractivity (Wildman–Crippen MR) is 38.2 cm³/mol. The number of nitrogens with two attached hydrogens (primary N) is 1. The second-order valence-electron chi connectivity index (χ2n) is 2.20. The van der Waals surface area contributed by atoms with Crippen LogP contribution < -0.4 is 5.73 Å². The average molecular weight is 149 g/mol. The minimum atomic E-state index is 0.272. The Morgan fingerprint density at radius 1 is 1.55 bits per heavy atom. The van der Waals surface area contributed by atoms with Crippen molar-refractivity contribution in [2.75, 3.05) is 13.3 Å². The number of hydrogen-bond donors (Lipinski definition) is 1. The molecular weight excluding hydrogens is 142 g/mol. The smallest absolute Gasteiger partial charge is 0.231 e. The first-order valence-corrected chi connectivity index (χ1v) is 3.32. The van der Waals surface area contributed by atoms with Gasteiger partial charge in [-0.25, -0.2) is 0 Å². The first-order valence-electron chi connectivity index (χ1n) is 3.32. The first-order chi connectivity index (χ1) is 5.42. The number of hydrogen-bond acceptors (Lipinski definition) is 3. The van der Waals surface area contributed by atoms with E-state index >= 15 is 0 Å². The number of ether oxygens (including phenoxy) is 2. The third-order valence-electron chi connectivity index (χ3n) is 1.55. The van der Waals surface area contributed by atoms with E-state index in [1.165, 1.54) is 0 Å². The summed E-state index contributed by atoms with van der Waals surface area (Å²) in [6, 6.07) is 0. The maximum atomic E-state index is 5.44. The van der Waals surface area contributed by atoms with E-state index in [1.54, 1.807) is 6.08 Å². The summed E-state index contributed by atoms with van der Waals surface area (Å²) in [6.45, 7) is 0.678. The molecule has 1 aliphatic heterocycles. The van der Waals surface area contributed by atoms with E-state index in [1.807, 2.05) is 0 Å². The van der Waals surface area contributed by atoms with Crippen molar-refractivity contribution >= 4 is 0 Å². The Balaban J connectivity index is 2.45. The van der Waals surface area contributed by atoms with Crippen LogP contribution in [-0.2, 0) is 9.47 Å². The Hall–Kier alpha value is -1.40. The van der Waals surface area contributed by atoms with Crippen molar-refractivity contribution in [3.8, 4) is 0 Å². The fourth-order valence-electron chi connectivity index (χ4n) is 1.02. The molecule has 0 unspecified atom stereocenters. The van der Waals surface area contributed by atoms with Gasteiger partial charge in [0.2, 0.25) is 6.79 Å². The molecule has 2 aliphatic rings. The molecule has 0 atom stereocenters. The molecule has 11 heavy (non-hydrogen) atoms. The topological polar surface area (TPSA) is 44.5 Å². The lowest BCUT2D eigenvalue weighted by Crippen LogP contribution is -2.06. The second kappa shape index (κ2) is 2.33. The van der Waals surface area contributed by atoms with E-state index in [2.05, 4.69) is 11.5 Å². The Bertz CT molecular complexity index is 315. The minimum absolute atomic E-state index is 0.272. The fraction of sp³-hybridized carbons (Fsp3) is 0.250. The highest BCUT2D eigenvalue weighted by atomic mass is 16.7. The van der Waals surface area contributed by atoms with Crippen LogP contribution in [0.15, 0.2) is 34.6 Å². The lowest BCUT2D eigenvalue weighted by Gasteiger charge is -2.01. The molecule has 0 bridgehead atoms. The van der Waals surface area contributed by atoms with Gasteiger partial charge in [-0.1, -0.05) is 11.5 Å².